The second kappa shape index (κ2) is 50.1. The van der Waals surface area contributed by atoms with Crippen molar-refractivity contribution in [1.29, 1.82) is 0 Å². The Morgan fingerprint density at radius 3 is 1.71 bits per heavy atom. The predicted molar refractivity (Wildman–Crippen MR) is 441 cm³/mol. The lowest BCUT2D eigenvalue weighted by Crippen LogP contribution is -2.44. The number of ketones is 5. The minimum absolute atomic E-state index is 0.0130. The average molecular weight is 1560 g/mol. The number of carbonyl (C=O) groups excluding carboxylic acids is 9. The van der Waals surface area contributed by atoms with Crippen LogP contribution in [0.5, 0.6) is 0 Å². The Morgan fingerprint density at radius 2 is 1.09 bits per heavy atom. The number of fused-ring (bicyclic) bond motifs is 2. The molecule has 0 saturated carbocycles. The summed E-state index contributed by atoms with van der Waals surface area (Å²) >= 11 is 0. The van der Waals surface area contributed by atoms with Crippen LogP contribution in [0.3, 0.4) is 0 Å². The highest BCUT2D eigenvalue weighted by Gasteiger charge is 2.31. The van der Waals surface area contributed by atoms with Gasteiger partial charge in [-0.2, -0.15) is 8.42 Å². The number of unbranched alkanes of at least 4 members (excludes halogenated alkanes) is 12. The third-order valence-electron chi connectivity index (χ3n) is 21.1. The van der Waals surface area contributed by atoms with Gasteiger partial charge in [0.2, 0.25) is 23.1 Å². The van der Waals surface area contributed by atoms with Crippen molar-refractivity contribution in [3.8, 4) is 22.5 Å². The summed E-state index contributed by atoms with van der Waals surface area (Å²) < 4.78 is 39.7. The predicted octanol–water partition coefficient (Wildman–Crippen LogP) is 13.7. The van der Waals surface area contributed by atoms with E-state index >= 15 is 0 Å². The summed E-state index contributed by atoms with van der Waals surface area (Å²) in [5, 5.41) is 23.7. The lowest BCUT2D eigenvalue weighted by molar-refractivity contribution is -0.144. The number of nitrogens with zero attached hydrogens (tertiary/aromatic N) is 2. The number of nitrogens with one attached hydrogen (secondary N) is 4. The Morgan fingerprint density at radius 1 is 0.518 bits per heavy atom. The fourth-order valence-electron chi connectivity index (χ4n) is 14.5. The van der Waals surface area contributed by atoms with E-state index in [-0.39, 0.29) is 123 Å². The first-order valence-electron chi connectivity index (χ1n) is 41.1. The number of benzene rings is 5. The second-order valence-corrected chi connectivity index (χ2v) is 31.3. The van der Waals surface area contributed by atoms with Crippen molar-refractivity contribution in [2.24, 2.45) is 23.5 Å². The summed E-state index contributed by atoms with van der Waals surface area (Å²) in [4.78, 5) is 136. The standard InChI is InChI=1S/C89H123N7O15S/c1-6-95(7-2)70-48-51-77-82(62-70)111-83-63-71(96(8-3)9-4)49-52-78(83)85(77)75-43-28-29-44-76(75)88(105)92-55-32-30-39-67(87(104)93-64(5)80(100)45-34-53-90)59-73(98)41-25-14-12-16-31-54-91-86(103)69(57-65-35-20-17-21-36-65)61-81(101)79(58-66-37-22-18-23-38-66)94-84(102)46-27-15-11-10-13-24-40-72(97)50-47-68(89(106)107)60-74(99)42-26-19-33-56-112(108,109)110/h17-18,20-23,28-29,35-38,43-44,48-49,51-52,62-64,67-69,79H,6-16,19,24-27,30-34,39-42,45-47,50,53-61,90H2,1-5H3,(H5-,91,92,93,94,102,103,104,105,106,107,108,109,110)/p+1. The number of carboxylic acids is 1. The molecule has 5 atom stereocenters. The van der Waals surface area contributed by atoms with Gasteiger partial charge in [0.05, 0.1) is 29.8 Å². The van der Waals surface area contributed by atoms with Gasteiger partial charge in [-0.25, -0.2) is 4.58 Å². The van der Waals surface area contributed by atoms with Crippen LogP contribution in [0.4, 0.5) is 5.69 Å². The van der Waals surface area contributed by atoms with Gasteiger partial charge in [0, 0.05) is 136 Å². The first-order chi connectivity index (χ1) is 53.9. The van der Waals surface area contributed by atoms with Gasteiger partial charge < -0.3 is 41.4 Å². The molecule has 0 radical (unpaired) electrons. The zero-order valence-corrected chi connectivity index (χ0v) is 67.7. The molecule has 1 aliphatic heterocycles. The van der Waals surface area contributed by atoms with Crippen molar-refractivity contribution in [3.05, 3.63) is 143 Å². The molecule has 8 N–H and O–H groups in total. The Labute approximate surface area is 663 Å². The van der Waals surface area contributed by atoms with E-state index in [0.717, 1.165) is 115 Å². The number of carbonyl (C=O) groups is 10. The lowest BCUT2D eigenvalue weighted by Gasteiger charge is -2.22. The van der Waals surface area contributed by atoms with Crippen molar-refractivity contribution in [1.82, 2.24) is 25.8 Å². The van der Waals surface area contributed by atoms with Crippen LogP contribution in [0.25, 0.3) is 33.4 Å². The van der Waals surface area contributed by atoms with Crippen LogP contribution in [0, 0.1) is 17.8 Å². The third-order valence-corrected chi connectivity index (χ3v) is 21.9. The molecule has 4 aromatic rings. The fraction of sp³-hybridized carbons (Fsp3) is 0.539. The maximum atomic E-state index is 14.4. The van der Waals surface area contributed by atoms with Crippen LogP contribution < -0.4 is 41.8 Å². The molecule has 2 aliphatic rings. The fourth-order valence-corrected chi connectivity index (χ4v) is 15.1. The van der Waals surface area contributed by atoms with Gasteiger partial charge in [0.15, 0.2) is 11.6 Å². The van der Waals surface area contributed by atoms with E-state index in [1.54, 1.807) is 6.92 Å². The second-order valence-electron chi connectivity index (χ2n) is 29.8. The van der Waals surface area contributed by atoms with Gasteiger partial charge in [-0.05, 0) is 159 Å². The summed E-state index contributed by atoms with van der Waals surface area (Å²) in [7, 11) is -4.08. The molecule has 1 aliphatic carbocycles. The Hall–Kier alpha value is -9.06. The SMILES string of the molecule is CCN(CC)c1ccc2c(-c3ccccc3C(=O)NCCCCC(CC(=O)CCCCCCCNC(=O)C(CC(=O)C(Cc3ccccc3)NC(=O)CCCCCCCCC(=O)CCC(CC(=O)CCCCCS(=O)(=O)O)C(=O)O)Cc3ccccc3)C(=O)NC(C)C(=O)CCCN)c3ccc(=[N+](CC)CC)cc-3oc2c1. The topological polar surface area (TPSA) is 339 Å². The van der Waals surface area contributed by atoms with Crippen LogP contribution in [-0.4, -0.2) is 140 Å². The molecule has 6 rings (SSSR count). The maximum absolute atomic E-state index is 14.4. The molecular weight excluding hydrogens is 1440 g/mol. The number of amides is 4. The van der Waals surface area contributed by atoms with Crippen molar-refractivity contribution in [3.63, 3.8) is 0 Å². The van der Waals surface area contributed by atoms with Crippen LogP contribution in [-0.2, 0) is 66.1 Å². The molecule has 1 heterocycles. The van der Waals surface area contributed by atoms with E-state index in [0.29, 0.717) is 114 Å². The van der Waals surface area contributed by atoms with Crippen LogP contribution in [0.15, 0.2) is 126 Å². The van der Waals surface area contributed by atoms with E-state index < -0.39 is 51.7 Å². The van der Waals surface area contributed by atoms with E-state index in [4.69, 9.17) is 14.7 Å². The zero-order chi connectivity index (χ0) is 81.2. The lowest BCUT2D eigenvalue weighted by atomic mass is 9.89. The van der Waals surface area contributed by atoms with Gasteiger partial charge in [0.1, 0.15) is 41.8 Å². The molecule has 0 saturated heterocycles. The van der Waals surface area contributed by atoms with Crippen molar-refractivity contribution in [2.45, 2.75) is 239 Å². The molecule has 610 valence electrons. The van der Waals surface area contributed by atoms with Crippen LogP contribution in [0.2, 0.25) is 0 Å². The number of hydrogen-bond acceptors (Lipinski definition) is 15. The Kier molecular flexibility index (Phi) is 41.1. The van der Waals surface area contributed by atoms with E-state index in [1.165, 1.54) is 0 Å². The molecule has 4 amide bonds. The molecule has 0 bridgehead atoms. The number of Topliss-reactive ketones (excluding diaryl/α,β-unsaturated/α-hetero) is 5. The molecule has 112 heavy (non-hydrogen) atoms. The largest absolute Gasteiger partial charge is 0.481 e. The number of nitrogens with two attached hydrogens (primary N) is 1. The van der Waals surface area contributed by atoms with E-state index in [9.17, 15) is 61.5 Å². The van der Waals surface area contributed by atoms with Crippen LogP contribution >= 0.6 is 0 Å². The highest BCUT2D eigenvalue weighted by Crippen LogP contribution is 2.42. The first kappa shape index (κ1) is 91.8. The maximum Gasteiger partial charge on any atom is 0.306 e. The van der Waals surface area contributed by atoms with E-state index in [1.807, 2.05) is 84.9 Å². The molecule has 0 spiro atoms. The number of rotatable bonds is 58. The smallest absolute Gasteiger partial charge is 0.306 e. The van der Waals surface area contributed by atoms with Gasteiger partial charge in [-0.1, -0.05) is 137 Å². The van der Waals surface area contributed by atoms with Gasteiger partial charge in [-0.3, -0.25) is 52.5 Å². The number of carboxylic acid groups (broad SMARTS) is 1. The van der Waals surface area contributed by atoms with Gasteiger partial charge in [-0.15, -0.1) is 0 Å². The summed E-state index contributed by atoms with van der Waals surface area (Å²) in [6, 6.07) is 37.5. The molecule has 4 aromatic carbocycles. The van der Waals surface area contributed by atoms with Crippen LogP contribution in [0.1, 0.15) is 236 Å². The minimum Gasteiger partial charge on any atom is -0.481 e. The highest BCUT2D eigenvalue weighted by atomic mass is 32.2. The molecule has 0 fully saturated rings. The van der Waals surface area contributed by atoms with Gasteiger partial charge >= 0.3 is 5.97 Å². The quantitative estimate of drug-likeness (QED) is 0.00807. The summed E-state index contributed by atoms with van der Waals surface area (Å²) in [5.41, 5.74) is 12.3. The molecule has 5 unspecified atom stereocenters. The summed E-state index contributed by atoms with van der Waals surface area (Å²) in [6.07, 6.45) is 12.4. The molecular formula is C89H124N7O15S+. The third kappa shape index (κ3) is 32.6. The average Bonchev–Trinajstić information content (AvgIpc) is 0.745. The summed E-state index contributed by atoms with van der Waals surface area (Å²) in [5.74, 6) is -5.08. The molecule has 23 heteroatoms. The zero-order valence-electron chi connectivity index (χ0n) is 66.9. The Bertz CT molecular complexity index is 4150. The van der Waals surface area contributed by atoms with Crippen molar-refractivity contribution < 1.29 is 70.4 Å². The number of hydrogen-bond donors (Lipinski definition) is 7. The first-order valence-corrected chi connectivity index (χ1v) is 42.7. The number of anilines is 1. The van der Waals surface area contributed by atoms with E-state index in [2.05, 4.69) is 94.8 Å². The molecule has 0 aromatic heterocycles. The normalized spacial score (nSPS) is 12.8. The Balaban J connectivity index is 0.952. The van der Waals surface area contributed by atoms with Crippen molar-refractivity contribution in [2.75, 3.05) is 56.5 Å². The summed E-state index contributed by atoms with van der Waals surface area (Å²) in [6.45, 7) is 14.6. The molecule has 22 nitrogen and oxygen atoms in total. The highest BCUT2D eigenvalue weighted by molar-refractivity contribution is 7.85. The van der Waals surface area contributed by atoms with Gasteiger partial charge in [0.25, 0.3) is 16.0 Å². The number of aliphatic carboxylic acids is 1. The minimum atomic E-state index is -4.08. The van der Waals surface area contributed by atoms with Crippen molar-refractivity contribution >= 4 is 85.3 Å². The monoisotopic (exact) mass is 1560 g/mol.